The third kappa shape index (κ3) is 2.22. The second kappa shape index (κ2) is 4.31. The average molecular weight is 209 g/mol. The number of rotatable bonds is 2. The van der Waals surface area contributed by atoms with Crippen LogP contribution in [0.2, 0.25) is 0 Å². The molecule has 0 radical (unpaired) electrons. The number of alkyl halides is 1. The lowest BCUT2D eigenvalue weighted by Gasteiger charge is -2.25. The van der Waals surface area contributed by atoms with E-state index >= 15 is 0 Å². The van der Waals surface area contributed by atoms with Crippen molar-refractivity contribution in [3.8, 4) is 0 Å². The van der Waals surface area contributed by atoms with E-state index in [9.17, 15) is 5.11 Å². The molecule has 0 unspecified atom stereocenters. The Kier molecular flexibility index (Phi) is 3.66. The Bertz CT molecular complexity index is 91.6. The summed E-state index contributed by atoms with van der Waals surface area (Å²) < 4.78 is 5.22. The second-order valence-corrected chi connectivity index (χ2v) is 3.35. The van der Waals surface area contributed by atoms with Gasteiger partial charge in [-0.15, -0.1) is 0 Å². The summed E-state index contributed by atoms with van der Waals surface area (Å²) in [4.78, 5) is 0. The summed E-state index contributed by atoms with van der Waals surface area (Å²) in [6.45, 7) is 1.60. The first-order valence-corrected chi connectivity index (χ1v) is 4.78. The van der Waals surface area contributed by atoms with Crippen LogP contribution in [0, 0.1) is 5.92 Å². The molecule has 60 valence electrons. The molecular formula is C7H13BrO2. The van der Waals surface area contributed by atoms with Gasteiger partial charge in [0.2, 0.25) is 0 Å². The van der Waals surface area contributed by atoms with E-state index in [1.54, 1.807) is 0 Å². The van der Waals surface area contributed by atoms with Gasteiger partial charge in [-0.2, -0.15) is 0 Å². The van der Waals surface area contributed by atoms with Gasteiger partial charge < -0.3 is 9.84 Å². The summed E-state index contributed by atoms with van der Waals surface area (Å²) in [6, 6.07) is 0. The van der Waals surface area contributed by atoms with Gasteiger partial charge in [0.25, 0.3) is 0 Å². The van der Waals surface area contributed by atoms with Crippen LogP contribution in [0.3, 0.4) is 0 Å². The molecule has 0 aromatic rings. The van der Waals surface area contributed by atoms with E-state index in [0.29, 0.717) is 11.2 Å². The van der Waals surface area contributed by atoms with Gasteiger partial charge in [0, 0.05) is 17.9 Å². The first-order chi connectivity index (χ1) is 4.84. The van der Waals surface area contributed by atoms with E-state index in [2.05, 4.69) is 15.9 Å². The van der Waals surface area contributed by atoms with E-state index in [1.165, 1.54) is 0 Å². The molecule has 1 aliphatic rings. The van der Waals surface area contributed by atoms with Crippen molar-refractivity contribution in [2.24, 2.45) is 5.92 Å². The van der Waals surface area contributed by atoms with Gasteiger partial charge in [0.05, 0.1) is 12.7 Å². The molecule has 0 amide bonds. The summed E-state index contributed by atoms with van der Waals surface area (Å²) in [5.74, 6) is 0.355. The number of aliphatic hydroxyl groups is 1. The minimum Gasteiger partial charge on any atom is -0.392 e. The highest BCUT2D eigenvalue weighted by Gasteiger charge is 2.20. The van der Waals surface area contributed by atoms with E-state index in [1.807, 2.05) is 0 Å². The SMILES string of the molecule is O[C@@H](CBr)[C@@H]1CCCOC1. The average Bonchev–Trinajstić information content (AvgIpc) is 2.05. The van der Waals surface area contributed by atoms with Gasteiger partial charge in [-0.3, -0.25) is 0 Å². The van der Waals surface area contributed by atoms with Crippen LogP contribution in [0.15, 0.2) is 0 Å². The number of aliphatic hydroxyl groups excluding tert-OH is 1. The maximum absolute atomic E-state index is 9.36. The van der Waals surface area contributed by atoms with Crippen molar-refractivity contribution in [3.05, 3.63) is 0 Å². The molecule has 1 aliphatic heterocycles. The Morgan fingerprint density at radius 1 is 1.70 bits per heavy atom. The zero-order valence-corrected chi connectivity index (χ0v) is 7.51. The predicted octanol–water partition coefficient (Wildman–Crippen LogP) is 1.17. The molecule has 0 saturated carbocycles. The van der Waals surface area contributed by atoms with Crippen molar-refractivity contribution in [1.82, 2.24) is 0 Å². The standard InChI is InChI=1S/C7H13BrO2/c8-4-7(9)6-2-1-3-10-5-6/h6-7,9H,1-5H2/t6-,7+/m1/s1. The summed E-state index contributed by atoms with van der Waals surface area (Å²) >= 11 is 3.24. The highest BCUT2D eigenvalue weighted by Crippen LogP contribution is 2.18. The van der Waals surface area contributed by atoms with Crippen LogP contribution < -0.4 is 0 Å². The molecule has 0 aromatic carbocycles. The maximum atomic E-state index is 9.36. The molecule has 10 heavy (non-hydrogen) atoms. The third-order valence-electron chi connectivity index (χ3n) is 1.90. The fraction of sp³-hybridized carbons (Fsp3) is 1.00. The van der Waals surface area contributed by atoms with Crippen LogP contribution >= 0.6 is 15.9 Å². The van der Waals surface area contributed by atoms with E-state index in [0.717, 1.165) is 26.1 Å². The topological polar surface area (TPSA) is 29.5 Å². The monoisotopic (exact) mass is 208 g/mol. The Hall–Kier alpha value is 0.400. The normalized spacial score (nSPS) is 30.0. The Morgan fingerprint density at radius 3 is 3.00 bits per heavy atom. The van der Waals surface area contributed by atoms with Crippen LogP contribution in [0.1, 0.15) is 12.8 Å². The molecule has 0 spiro atoms. The minimum atomic E-state index is -0.222. The van der Waals surface area contributed by atoms with Crippen LogP contribution in [-0.2, 0) is 4.74 Å². The van der Waals surface area contributed by atoms with Crippen LogP contribution in [0.5, 0.6) is 0 Å². The van der Waals surface area contributed by atoms with Crippen molar-refractivity contribution in [2.45, 2.75) is 18.9 Å². The molecule has 1 saturated heterocycles. The molecule has 0 aliphatic carbocycles. The molecule has 2 nitrogen and oxygen atoms in total. The third-order valence-corrected chi connectivity index (χ3v) is 2.56. The van der Waals surface area contributed by atoms with Crippen LogP contribution in [0.4, 0.5) is 0 Å². The molecule has 0 bridgehead atoms. The maximum Gasteiger partial charge on any atom is 0.0687 e. The summed E-state index contributed by atoms with van der Waals surface area (Å²) in [7, 11) is 0. The van der Waals surface area contributed by atoms with Gasteiger partial charge in [-0.1, -0.05) is 15.9 Å². The first-order valence-electron chi connectivity index (χ1n) is 3.66. The summed E-state index contributed by atoms with van der Waals surface area (Å²) in [6.07, 6.45) is 1.97. The second-order valence-electron chi connectivity index (χ2n) is 2.70. The zero-order chi connectivity index (χ0) is 7.40. The lowest BCUT2D eigenvalue weighted by atomic mass is 9.97. The fourth-order valence-corrected chi connectivity index (χ4v) is 1.72. The van der Waals surface area contributed by atoms with Gasteiger partial charge in [0.15, 0.2) is 0 Å². The van der Waals surface area contributed by atoms with Crippen molar-refractivity contribution in [3.63, 3.8) is 0 Å². The highest BCUT2D eigenvalue weighted by molar-refractivity contribution is 9.09. The van der Waals surface area contributed by atoms with Crippen molar-refractivity contribution in [1.29, 1.82) is 0 Å². The smallest absolute Gasteiger partial charge is 0.0687 e. The molecule has 1 fully saturated rings. The molecule has 0 aromatic heterocycles. The Labute approximate surface area is 69.7 Å². The predicted molar refractivity (Wildman–Crippen MR) is 43.3 cm³/mol. The lowest BCUT2D eigenvalue weighted by molar-refractivity contribution is 0.000364. The first kappa shape index (κ1) is 8.50. The summed E-state index contributed by atoms with van der Waals surface area (Å²) in [5, 5.41) is 10.0. The largest absolute Gasteiger partial charge is 0.392 e. The molecule has 1 rings (SSSR count). The summed E-state index contributed by atoms with van der Waals surface area (Å²) in [5.41, 5.74) is 0. The highest BCUT2D eigenvalue weighted by atomic mass is 79.9. The number of halogens is 1. The van der Waals surface area contributed by atoms with Gasteiger partial charge in [-0.05, 0) is 12.8 Å². The number of hydrogen-bond donors (Lipinski definition) is 1. The van der Waals surface area contributed by atoms with E-state index in [-0.39, 0.29) is 6.10 Å². The molecule has 3 heteroatoms. The van der Waals surface area contributed by atoms with Crippen LogP contribution in [-0.4, -0.2) is 29.8 Å². The number of hydrogen-bond acceptors (Lipinski definition) is 2. The molecule has 1 heterocycles. The van der Waals surface area contributed by atoms with Gasteiger partial charge in [0.1, 0.15) is 0 Å². The Balaban J connectivity index is 2.24. The van der Waals surface area contributed by atoms with Gasteiger partial charge in [-0.25, -0.2) is 0 Å². The quantitative estimate of drug-likeness (QED) is 0.691. The van der Waals surface area contributed by atoms with Gasteiger partial charge >= 0.3 is 0 Å². The molecule has 2 atom stereocenters. The lowest BCUT2D eigenvalue weighted by Crippen LogP contribution is -2.29. The molecule has 1 N–H and O–H groups in total. The van der Waals surface area contributed by atoms with E-state index < -0.39 is 0 Å². The number of ether oxygens (including phenoxy) is 1. The van der Waals surface area contributed by atoms with Crippen molar-refractivity contribution >= 4 is 15.9 Å². The zero-order valence-electron chi connectivity index (χ0n) is 5.92. The molecular weight excluding hydrogens is 196 g/mol. The van der Waals surface area contributed by atoms with Crippen LogP contribution in [0.25, 0.3) is 0 Å². The fourth-order valence-electron chi connectivity index (χ4n) is 1.20. The Morgan fingerprint density at radius 2 is 2.50 bits per heavy atom. The van der Waals surface area contributed by atoms with E-state index in [4.69, 9.17) is 4.74 Å². The van der Waals surface area contributed by atoms with Crippen molar-refractivity contribution < 1.29 is 9.84 Å². The minimum absolute atomic E-state index is 0.222. The van der Waals surface area contributed by atoms with Crippen molar-refractivity contribution in [2.75, 3.05) is 18.5 Å².